The van der Waals surface area contributed by atoms with E-state index < -0.39 is 0 Å². The first-order chi connectivity index (χ1) is 8.97. The van der Waals surface area contributed by atoms with E-state index in [1.54, 1.807) is 0 Å². The fourth-order valence-electron chi connectivity index (χ4n) is 1.38. The Balaban J connectivity index is 2.66. The molecule has 0 radical (unpaired) electrons. The lowest BCUT2D eigenvalue weighted by atomic mass is 10.2. The summed E-state index contributed by atoms with van der Waals surface area (Å²) in [6.07, 6.45) is 1.68. The van der Waals surface area contributed by atoms with Crippen molar-refractivity contribution in [2.24, 2.45) is 0 Å². The zero-order chi connectivity index (χ0) is 14.4. The fraction of sp³-hybridized carbons (Fsp3) is 0.571. The van der Waals surface area contributed by atoms with Crippen LogP contribution < -0.4 is 10.6 Å². The van der Waals surface area contributed by atoms with E-state index in [1.165, 1.54) is 12.1 Å². The number of hydrogen-bond acceptors (Lipinski definition) is 3. The van der Waals surface area contributed by atoms with Crippen LogP contribution in [0.4, 0.5) is 0 Å². The molecule has 0 saturated carbocycles. The molecule has 106 valence electrons. The molecule has 1 aromatic heterocycles. The zero-order valence-electron chi connectivity index (χ0n) is 11.9. The Morgan fingerprint density at radius 3 is 1.68 bits per heavy atom. The van der Waals surface area contributed by atoms with E-state index in [2.05, 4.69) is 10.6 Å². The van der Waals surface area contributed by atoms with Gasteiger partial charge in [-0.15, -0.1) is 0 Å². The topological polar surface area (TPSA) is 71.3 Å². The summed E-state index contributed by atoms with van der Waals surface area (Å²) in [5.74, 6) is -0.266. The Hall–Kier alpha value is -1.78. The van der Waals surface area contributed by atoms with Gasteiger partial charge in [0.05, 0.1) is 0 Å². The summed E-state index contributed by atoms with van der Waals surface area (Å²) in [6, 6.07) is 3.19. The van der Waals surface area contributed by atoms with Gasteiger partial charge in [-0.25, -0.2) is 0 Å². The maximum Gasteiger partial charge on any atom is 0.287 e. The largest absolute Gasteiger partial charge is 0.446 e. The third kappa shape index (κ3) is 4.43. The Morgan fingerprint density at radius 2 is 1.37 bits per heavy atom. The summed E-state index contributed by atoms with van der Waals surface area (Å²) in [5.41, 5.74) is 0. The minimum absolute atomic E-state index is 0.0787. The molecule has 0 aliphatic rings. The van der Waals surface area contributed by atoms with Crippen molar-refractivity contribution >= 4 is 11.8 Å². The monoisotopic (exact) mass is 266 g/mol. The van der Waals surface area contributed by atoms with Crippen molar-refractivity contribution in [1.29, 1.82) is 0 Å². The lowest BCUT2D eigenvalue weighted by Crippen LogP contribution is -2.32. The van der Waals surface area contributed by atoms with Gasteiger partial charge in [-0.05, 0) is 38.8 Å². The van der Waals surface area contributed by atoms with Crippen LogP contribution in [0.5, 0.6) is 0 Å². The molecular weight excluding hydrogens is 244 g/mol. The fourth-order valence-corrected chi connectivity index (χ4v) is 1.38. The molecule has 19 heavy (non-hydrogen) atoms. The van der Waals surface area contributed by atoms with Gasteiger partial charge in [0.25, 0.3) is 11.8 Å². The summed E-state index contributed by atoms with van der Waals surface area (Å²) in [5, 5.41) is 5.57. The van der Waals surface area contributed by atoms with Crippen molar-refractivity contribution < 1.29 is 14.0 Å². The van der Waals surface area contributed by atoms with Crippen molar-refractivity contribution in [2.75, 3.05) is 0 Å². The molecule has 1 rings (SSSR count). The van der Waals surface area contributed by atoms with Gasteiger partial charge in [0.15, 0.2) is 11.5 Å². The Kier molecular flexibility index (Phi) is 5.60. The van der Waals surface area contributed by atoms with E-state index in [9.17, 15) is 9.59 Å². The molecule has 5 heteroatoms. The van der Waals surface area contributed by atoms with Gasteiger partial charge in [0.1, 0.15) is 0 Å². The lowest BCUT2D eigenvalue weighted by Gasteiger charge is -2.10. The van der Waals surface area contributed by atoms with Crippen LogP contribution in [0.15, 0.2) is 16.5 Å². The number of carbonyl (C=O) groups excluding carboxylic acids is 2. The van der Waals surface area contributed by atoms with Gasteiger partial charge in [0, 0.05) is 12.1 Å². The van der Waals surface area contributed by atoms with Crippen LogP contribution >= 0.6 is 0 Å². The smallest absolute Gasteiger partial charge is 0.287 e. The highest BCUT2D eigenvalue weighted by atomic mass is 16.4. The van der Waals surface area contributed by atoms with Crippen LogP contribution in [0, 0.1) is 0 Å². The number of hydrogen-bond donors (Lipinski definition) is 2. The van der Waals surface area contributed by atoms with E-state index in [0.717, 1.165) is 12.8 Å². The Morgan fingerprint density at radius 1 is 1.00 bits per heavy atom. The highest BCUT2D eigenvalue weighted by Gasteiger charge is 2.17. The molecule has 0 spiro atoms. The van der Waals surface area contributed by atoms with E-state index in [1.807, 2.05) is 27.7 Å². The number of carbonyl (C=O) groups is 2. The minimum atomic E-state index is -0.295. The number of nitrogens with one attached hydrogen (secondary N) is 2. The van der Waals surface area contributed by atoms with Gasteiger partial charge in [-0.2, -0.15) is 0 Å². The SMILES string of the molecule is CCC(C)NC(=O)c1ccc(C(=O)NC(C)CC)o1. The third-order valence-corrected chi connectivity index (χ3v) is 3.03. The molecule has 5 nitrogen and oxygen atoms in total. The van der Waals surface area contributed by atoms with Crippen LogP contribution in [-0.2, 0) is 0 Å². The highest BCUT2D eigenvalue weighted by molar-refractivity contribution is 5.95. The molecular formula is C14H22N2O3. The lowest BCUT2D eigenvalue weighted by molar-refractivity contribution is 0.0886. The van der Waals surface area contributed by atoms with Gasteiger partial charge in [-0.1, -0.05) is 13.8 Å². The number of rotatable bonds is 6. The highest BCUT2D eigenvalue weighted by Crippen LogP contribution is 2.09. The van der Waals surface area contributed by atoms with Crippen molar-refractivity contribution in [3.05, 3.63) is 23.7 Å². The second kappa shape index (κ2) is 6.97. The van der Waals surface area contributed by atoms with Crippen molar-refractivity contribution in [2.45, 2.75) is 52.6 Å². The molecule has 0 saturated heterocycles. The van der Waals surface area contributed by atoms with Gasteiger partial charge < -0.3 is 15.1 Å². The minimum Gasteiger partial charge on any atom is -0.446 e. The van der Waals surface area contributed by atoms with Gasteiger partial charge >= 0.3 is 0 Å². The first-order valence-electron chi connectivity index (χ1n) is 6.69. The average Bonchev–Trinajstić information content (AvgIpc) is 2.87. The summed E-state index contributed by atoms with van der Waals surface area (Å²) in [6.45, 7) is 7.80. The predicted molar refractivity (Wildman–Crippen MR) is 73.1 cm³/mol. The van der Waals surface area contributed by atoms with Crippen LogP contribution in [0.3, 0.4) is 0 Å². The van der Waals surface area contributed by atoms with Crippen LogP contribution in [0.1, 0.15) is 61.6 Å². The molecule has 0 aromatic carbocycles. The molecule has 2 unspecified atom stereocenters. The second-order valence-electron chi connectivity index (χ2n) is 4.73. The maximum atomic E-state index is 11.8. The molecule has 2 N–H and O–H groups in total. The van der Waals surface area contributed by atoms with Crippen molar-refractivity contribution in [3.8, 4) is 0 Å². The quantitative estimate of drug-likeness (QED) is 0.830. The molecule has 2 atom stereocenters. The van der Waals surface area contributed by atoms with Gasteiger partial charge in [0.2, 0.25) is 0 Å². The van der Waals surface area contributed by atoms with Crippen molar-refractivity contribution in [1.82, 2.24) is 10.6 Å². The molecule has 1 heterocycles. The Labute approximate surface area is 113 Å². The normalized spacial score (nSPS) is 13.7. The van der Waals surface area contributed by atoms with Gasteiger partial charge in [-0.3, -0.25) is 9.59 Å². The van der Waals surface area contributed by atoms with E-state index in [0.29, 0.717) is 0 Å². The number of amides is 2. The standard InChI is InChI=1S/C14H22N2O3/c1-5-9(3)15-13(17)11-7-8-12(19-11)14(18)16-10(4)6-2/h7-10H,5-6H2,1-4H3,(H,15,17)(H,16,18). The first kappa shape index (κ1) is 15.3. The molecule has 0 aliphatic carbocycles. The van der Waals surface area contributed by atoms with Crippen molar-refractivity contribution in [3.63, 3.8) is 0 Å². The molecule has 0 bridgehead atoms. The summed E-state index contributed by atoms with van der Waals surface area (Å²) in [4.78, 5) is 23.6. The Bertz CT molecular complexity index is 401. The third-order valence-electron chi connectivity index (χ3n) is 3.03. The summed E-state index contributed by atoms with van der Waals surface area (Å²) >= 11 is 0. The number of furan rings is 1. The van der Waals surface area contributed by atoms with E-state index in [4.69, 9.17) is 4.42 Å². The first-order valence-corrected chi connectivity index (χ1v) is 6.69. The van der Waals surface area contributed by atoms with Crippen LogP contribution in [0.25, 0.3) is 0 Å². The summed E-state index contributed by atoms with van der Waals surface area (Å²) in [7, 11) is 0. The summed E-state index contributed by atoms with van der Waals surface area (Å²) < 4.78 is 5.27. The average molecular weight is 266 g/mol. The molecule has 2 amide bonds. The maximum absolute atomic E-state index is 11.8. The zero-order valence-corrected chi connectivity index (χ0v) is 11.9. The molecule has 0 aliphatic heterocycles. The second-order valence-corrected chi connectivity index (χ2v) is 4.73. The van der Waals surface area contributed by atoms with Crippen LogP contribution in [-0.4, -0.2) is 23.9 Å². The molecule has 1 aromatic rings. The molecule has 0 fully saturated rings. The van der Waals surface area contributed by atoms with E-state index in [-0.39, 0.29) is 35.4 Å². The van der Waals surface area contributed by atoms with Crippen LogP contribution in [0.2, 0.25) is 0 Å². The predicted octanol–water partition coefficient (Wildman–Crippen LogP) is 2.34. The van der Waals surface area contributed by atoms with E-state index >= 15 is 0 Å².